The van der Waals surface area contributed by atoms with E-state index < -0.39 is 10.0 Å². The summed E-state index contributed by atoms with van der Waals surface area (Å²) in [6.45, 7) is 0.775. The Labute approximate surface area is 100 Å². The lowest BCUT2D eigenvalue weighted by Gasteiger charge is -2.07. The van der Waals surface area contributed by atoms with Gasteiger partial charge in [0.05, 0.1) is 10.6 Å². The number of phenolic OH excluding ortho intramolecular Hbond substituents is 1. The molecule has 1 aromatic carbocycles. The molecule has 0 aliphatic heterocycles. The number of ether oxygens (including phenoxy) is 1. The molecule has 1 aromatic rings. The zero-order valence-corrected chi connectivity index (χ0v) is 10.3. The summed E-state index contributed by atoms with van der Waals surface area (Å²) in [6, 6.07) is 3.76. The van der Waals surface area contributed by atoms with Crippen molar-refractivity contribution in [1.29, 1.82) is 0 Å². The monoisotopic (exact) mass is 260 g/mol. The van der Waals surface area contributed by atoms with Gasteiger partial charge in [-0.15, -0.1) is 0 Å². The highest BCUT2D eigenvalue weighted by Crippen LogP contribution is 2.22. The van der Waals surface area contributed by atoms with Crippen LogP contribution in [0.2, 0.25) is 0 Å². The molecular weight excluding hydrogens is 244 g/mol. The minimum Gasteiger partial charge on any atom is -0.506 e. The fourth-order valence-electron chi connectivity index (χ4n) is 1.21. The first-order valence-electron chi connectivity index (χ1n) is 5.04. The third-order valence-electron chi connectivity index (χ3n) is 2.13. The summed E-state index contributed by atoms with van der Waals surface area (Å²) in [5.41, 5.74) is 5.46. The predicted octanol–water partition coefficient (Wildman–Crippen LogP) is 0.289. The molecule has 7 heteroatoms. The highest BCUT2D eigenvalue weighted by atomic mass is 32.2. The molecule has 0 unspecified atom stereocenters. The maximum absolute atomic E-state index is 11.8. The van der Waals surface area contributed by atoms with Crippen LogP contribution in [0.4, 0.5) is 5.69 Å². The Morgan fingerprint density at radius 2 is 2.18 bits per heavy atom. The molecule has 0 aliphatic carbocycles. The first-order valence-corrected chi connectivity index (χ1v) is 6.53. The Morgan fingerprint density at radius 3 is 2.76 bits per heavy atom. The lowest BCUT2D eigenvalue weighted by Crippen LogP contribution is -2.25. The third-order valence-corrected chi connectivity index (χ3v) is 3.59. The van der Waals surface area contributed by atoms with Crippen LogP contribution in [0, 0.1) is 0 Å². The normalized spacial score (nSPS) is 11.6. The maximum atomic E-state index is 11.8. The molecule has 0 amide bonds. The smallest absolute Gasteiger partial charge is 0.240 e. The van der Waals surface area contributed by atoms with Gasteiger partial charge in [0.25, 0.3) is 0 Å². The highest BCUT2D eigenvalue weighted by molar-refractivity contribution is 7.89. The number of nitrogen functional groups attached to an aromatic ring is 1. The van der Waals surface area contributed by atoms with Gasteiger partial charge < -0.3 is 15.6 Å². The highest BCUT2D eigenvalue weighted by Gasteiger charge is 2.14. The van der Waals surface area contributed by atoms with Gasteiger partial charge in [-0.25, -0.2) is 13.1 Å². The molecule has 0 heterocycles. The molecule has 96 valence electrons. The van der Waals surface area contributed by atoms with Gasteiger partial charge in [0.1, 0.15) is 5.75 Å². The Balaban J connectivity index is 2.72. The molecule has 0 bridgehead atoms. The molecule has 0 atom stereocenters. The molecule has 0 saturated carbocycles. The summed E-state index contributed by atoms with van der Waals surface area (Å²) in [4.78, 5) is 0.0326. The van der Waals surface area contributed by atoms with Crippen molar-refractivity contribution in [2.45, 2.75) is 11.3 Å². The molecule has 4 N–H and O–H groups in total. The van der Waals surface area contributed by atoms with Crippen molar-refractivity contribution in [3.05, 3.63) is 18.2 Å². The number of nitrogens with one attached hydrogen (secondary N) is 1. The number of anilines is 1. The Bertz CT molecular complexity index is 473. The Hall–Kier alpha value is -1.31. The second kappa shape index (κ2) is 5.85. The molecule has 0 aliphatic rings. The largest absolute Gasteiger partial charge is 0.506 e. The summed E-state index contributed by atoms with van der Waals surface area (Å²) in [7, 11) is -2.03. The fraction of sp³-hybridized carbons (Fsp3) is 0.400. The van der Waals surface area contributed by atoms with Crippen LogP contribution in [0.25, 0.3) is 0 Å². The number of benzene rings is 1. The van der Waals surface area contributed by atoms with Gasteiger partial charge in [-0.2, -0.15) is 0 Å². The quantitative estimate of drug-likeness (QED) is 0.387. The second-order valence-electron chi connectivity index (χ2n) is 3.46. The molecule has 0 aromatic heterocycles. The van der Waals surface area contributed by atoms with Crippen molar-refractivity contribution in [2.24, 2.45) is 0 Å². The van der Waals surface area contributed by atoms with E-state index >= 15 is 0 Å². The number of aromatic hydroxyl groups is 1. The number of hydrogen-bond acceptors (Lipinski definition) is 5. The van der Waals surface area contributed by atoms with Crippen LogP contribution in [-0.2, 0) is 14.8 Å². The average molecular weight is 260 g/mol. The van der Waals surface area contributed by atoms with Gasteiger partial charge in [-0.1, -0.05) is 0 Å². The molecular formula is C10H16N2O4S. The van der Waals surface area contributed by atoms with E-state index in [9.17, 15) is 13.5 Å². The van der Waals surface area contributed by atoms with Crippen LogP contribution in [0.5, 0.6) is 5.75 Å². The van der Waals surface area contributed by atoms with Gasteiger partial charge >= 0.3 is 0 Å². The number of nitrogens with two attached hydrogens (primary N) is 1. The summed E-state index contributed by atoms with van der Waals surface area (Å²) in [5.74, 6) is -0.136. The van der Waals surface area contributed by atoms with Crippen molar-refractivity contribution in [2.75, 3.05) is 26.0 Å². The van der Waals surface area contributed by atoms with Crippen LogP contribution < -0.4 is 10.5 Å². The Kier molecular flexibility index (Phi) is 4.73. The van der Waals surface area contributed by atoms with E-state index in [1.165, 1.54) is 18.2 Å². The van der Waals surface area contributed by atoms with Crippen LogP contribution in [0.3, 0.4) is 0 Å². The lowest BCUT2D eigenvalue weighted by molar-refractivity contribution is 0.196. The number of phenols is 1. The van der Waals surface area contributed by atoms with Gasteiger partial charge in [0, 0.05) is 20.3 Å². The average Bonchev–Trinajstić information content (AvgIpc) is 2.28. The molecule has 1 rings (SSSR count). The minimum atomic E-state index is -3.58. The van der Waals surface area contributed by atoms with Crippen molar-refractivity contribution in [1.82, 2.24) is 4.72 Å². The molecule has 0 radical (unpaired) electrons. The summed E-state index contributed by atoms with van der Waals surface area (Å²) >= 11 is 0. The number of rotatable bonds is 6. The fourth-order valence-corrected chi connectivity index (χ4v) is 2.32. The maximum Gasteiger partial charge on any atom is 0.240 e. The van der Waals surface area contributed by atoms with E-state index in [4.69, 9.17) is 10.5 Å². The predicted molar refractivity (Wildman–Crippen MR) is 64.2 cm³/mol. The number of methoxy groups -OCH3 is 1. The first kappa shape index (κ1) is 13.8. The Morgan fingerprint density at radius 1 is 1.47 bits per heavy atom. The minimum absolute atomic E-state index is 0.0322. The number of sulfonamides is 1. The SMILES string of the molecule is COCCCNS(=O)(=O)c1ccc(O)c(N)c1. The number of hydrogen-bond donors (Lipinski definition) is 3. The molecule has 17 heavy (non-hydrogen) atoms. The lowest BCUT2D eigenvalue weighted by atomic mass is 10.3. The van der Waals surface area contributed by atoms with E-state index in [0.29, 0.717) is 13.0 Å². The van der Waals surface area contributed by atoms with Crippen molar-refractivity contribution in [3.8, 4) is 5.75 Å². The van der Waals surface area contributed by atoms with E-state index in [2.05, 4.69) is 4.72 Å². The van der Waals surface area contributed by atoms with E-state index in [1.807, 2.05) is 0 Å². The van der Waals surface area contributed by atoms with Crippen LogP contribution in [0.1, 0.15) is 6.42 Å². The first-order chi connectivity index (χ1) is 7.97. The summed E-state index contributed by atoms with van der Waals surface area (Å²) in [5, 5.41) is 9.20. The summed E-state index contributed by atoms with van der Waals surface area (Å²) in [6.07, 6.45) is 0.587. The second-order valence-corrected chi connectivity index (χ2v) is 5.23. The van der Waals surface area contributed by atoms with Crippen molar-refractivity contribution < 1.29 is 18.3 Å². The molecule has 0 fully saturated rings. The van der Waals surface area contributed by atoms with E-state index in [0.717, 1.165) is 0 Å². The zero-order valence-electron chi connectivity index (χ0n) is 9.51. The standard InChI is InChI=1S/C10H16N2O4S/c1-16-6-2-5-12-17(14,15)8-3-4-10(13)9(11)7-8/h3-4,7,12-13H,2,5-6,11H2,1H3. The zero-order chi connectivity index (χ0) is 12.9. The topological polar surface area (TPSA) is 102 Å². The van der Waals surface area contributed by atoms with Gasteiger partial charge in [0.15, 0.2) is 0 Å². The van der Waals surface area contributed by atoms with Gasteiger partial charge in [-0.05, 0) is 24.6 Å². The van der Waals surface area contributed by atoms with Crippen LogP contribution in [0.15, 0.2) is 23.1 Å². The van der Waals surface area contributed by atoms with Crippen molar-refractivity contribution in [3.63, 3.8) is 0 Å². The van der Waals surface area contributed by atoms with E-state index in [1.54, 1.807) is 7.11 Å². The van der Waals surface area contributed by atoms with Gasteiger partial charge in [-0.3, -0.25) is 0 Å². The molecule has 0 saturated heterocycles. The summed E-state index contributed by atoms with van der Waals surface area (Å²) < 4.78 is 30.8. The third kappa shape index (κ3) is 3.88. The van der Waals surface area contributed by atoms with E-state index in [-0.39, 0.29) is 22.9 Å². The van der Waals surface area contributed by atoms with Crippen LogP contribution in [-0.4, -0.2) is 33.8 Å². The van der Waals surface area contributed by atoms with Gasteiger partial charge in [0.2, 0.25) is 10.0 Å². The molecule has 0 spiro atoms. The van der Waals surface area contributed by atoms with Crippen molar-refractivity contribution >= 4 is 15.7 Å². The van der Waals surface area contributed by atoms with Crippen LogP contribution >= 0.6 is 0 Å². The molecule has 6 nitrogen and oxygen atoms in total.